The number of amides is 1. The maximum atomic E-state index is 12.4. The molecule has 0 spiro atoms. The quantitative estimate of drug-likeness (QED) is 0.283. The van der Waals surface area contributed by atoms with Crippen LogP contribution in [0.15, 0.2) is 71.1 Å². The molecule has 0 saturated carbocycles. The Bertz CT molecular complexity index is 1310. The number of hydrogen-bond acceptors (Lipinski definition) is 5. The summed E-state index contributed by atoms with van der Waals surface area (Å²) >= 11 is 0. The molecule has 1 heterocycles. The summed E-state index contributed by atoms with van der Waals surface area (Å²) in [6, 6.07) is 21.4. The molecule has 0 aliphatic rings. The molecular weight excluding hydrogens is 430 g/mol. The lowest BCUT2D eigenvalue weighted by Gasteiger charge is -2.11. The van der Waals surface area contributed by atoms with Gasteiger partial charge in [-0.25, -0.2) is 0 Å². The summed E-state index contributed by atoms with van der Waals surface area (Å²) in [7, 11) is 0. The average molecular weight is 458 g/mol. The van der Waals surface area contributed by atoms with E-state index in [4.69, 9.17) is 9.52 Å². The molecule has 4 rings (SSSR count). The Balaban J connectivity index is 1.33. The largest absolute Gasteiger partial charge is 0.481 e. The molecule has 1 aromatic heterocycles. The van der Waals surface area contributed by atoms with Gasteiger partial charge in [-0.1, -0.05) is 43.3 Å². The van der Waals surface area contributed by atoms with Gasteiger partial charge in [-0.2, -0.15) is 4.98 Å². The number of oxazole rings is 1. The van der Waals surface area contributed by atoms with Crippen molar-refractivity contribution in [3.63, 3.8) is 0 Å². The van der Waals surface area contributed by atoms with Crippen molar-refractivity contribution in [3.8, 4) is 0 Å². The topological polar surface area (TPSA) is 104 Å². The number of carboxylic acids is 1. The Hall–Kier alpha value is -4.13. The number of para-hydroxylation sites is 1. The van der Waals surface area contributed by atoms with Crippen LogP contribution in [-0.4, -0.2) is 22.0 Å². The molecule has 3 N–H and O–H groups in total. The van der Waals surface area contributed by atoms with Gasteiger partial charge in [-0.05, 0) is 66.3 Å². The molecule has 0 saturated heterocycles. The first-order valence-electron chi connectivity index (χ1n) is 11.2. The molecule has 0 fully saturated rings. The molecule has 1 amide bonds. The summed E-state index contributed by atoms with van der Waals surface area (Å²) < 4.78 is 5.87. The SMILES string of the molecule is Cc1ccccc1Nc1nc2ccc(CCC(=O)Nc3ccc([C@H](C)CC(=O)O)cc3)cc2o1. The normalized spacial score (nSPS) is 11.8. The van der Waals surface area contributed by atoms with Crippen LogP contribution >= 0.6 is 0 Å². The Morgan fingerprint density at radius 2 is 1.82 bits per heavy atom. The Morgan fingerprint density at radius 1 is 1.06 bits per heavy atom. The zero-order valence-corrected chi connectivity index (χ0v) is 19.2. The highest BCUT2D eigenvalue weighted by Gasteiger charge is 2.12. The molecule has 34 heavy (non-hydrogen) atoms. The van der Waals surface area contributed by atoms with Gasteiger partial charge in [-0.3, -0.25) is 9.59 Å². The smallest absolute Gasteiger partial charge is 0.303 e. The fourth-order valence-corrected chi connectivity index (χ4v) is 3.76. The molecule has 7 heteroatoms. The van der Waals surface area contributed by atoms with Crippen molar-refractivity contribution in [1.29, 1.82) is 0 Å². The first-order chi connectivity index (χ1) is 16.4. The van der Waals surface area contributed by atoms with Crippen LogP contribution in [0.2, 0.25) is 0 Å². The van der Waals surface area contributed by atoms with Crippen molar-refractivity contribution >= 4 is 40.4 Å². The van der Waals surface area contributed by atoms with Gasteiger partial charge in [0.05, 0.1) is 6.42 Å². The monoisotopic (exact) mass is 457 g/mol. The van der Waals surface area contributed by atoms with Crippen LogP contribution in [0.1, 0.15) is 42.4 Å². The van der Waals surface area contributed by atoms with Crippen LogP contribution in [-0.2, 0) is 16.0 Å². The predicted molar refractivity (Wildman–Crippen MR) is 133 cm³/mol. The minimum atomic E-state index is -0.827. The molecule has 0 aliphatic carbocycles. The van der Waals surface area contributed by atoms with E-state index >= 15 is 0 Å². The van der Waals surface area contributed by atoms with Crippen molar-refractivity contribution in [2.75, 3.05) is 10.6 Å². The van der Waals surface area contributed by atoms with E-state index < -0.39 is 5.97 Å². The fraction of sp³-hybridized carbons (Fsp3) is 0.222. The minimum Gasteiger partial charge on any atom is -0.481 e. The Labute approximate surface area is 197 Å². The molecule has 7 nitrogen and oxygen atoms in total. The van der Waals surface area contributed by atoms with Gasteiger partial charge < -0.3 is 20.2 Å². The van der Waals surface area contributed by atoms with Gasteiger partial charge in [0.25, 0.3) is 6.01 Å². The number of nitrogens with zero attached hydrogens (tertiary/aromatic N) is 1. The number of carboxylic acid groups (broad SMARTS) is 1. The lowest BCUT2D eigenvalue weighted by Crippen LogP contribution is -2.12. The number of carbonyl (C=O) groups excluding carboxylic acids is 1. The second-order valence-corrected chi connectivity index (χ2v) is 8.43. The zero-order valence-electron chi connectivity index (χ0n) is 19.2. The number of rotatable bonds is 9. The van der Waals surface area contributed by atoms with Crippen molar-refractivity contribution in [2.45, 2.75) is 39.0 Å². The first kappa shape index (κ1) is 23.0. The number of fused-ring (bicyclic) bond motifs is 1. The van der Waals surface area contributed by atoms with Gasteiger partial charge >= 0.3 is 5.97 Å². The highest BCUT2D eigenvalue weighted by Crippen LogP contribution is 2.25. The number of carbonyl (C=O) groups is 2. The van der Waals surface area contributed by atoms with Gasteiger partial charge in [0.1, 0.15) is 5.52 Å². The van der Waals surface area contributed by atoms with E-state index in [0.29, 0.717) is 30.1 Å². The highest BCUT2D eigenvalue weighted by molar-refractivity contribution is 5.91. The minimum absolute atomic E-state index is 0.0741. The summed E-state index contributed by atoms with van der Waals surface area (Å²) in [5.41, 5.74) is 6.06. The average Bonchev–Trinajstić information content (AvgIpc) is 3.21. The second-order valence-electron chi connectivity index (χ2n) is 8.43. The van der Waals surface area contributed by atoms with Gasteiger partial charge in [0.15, 0.2) is 5.58 Å². The van der Waals surface area contributed by atoms with Crippen LogP contribution in [0.25, 0.3) is 11.1 Å². The fourth-order valence-electron chi connectivity index (χ4n) is 3.76. The first-order valence-corrected chi connectivity index (χ1v) is 11.2. The van der Waals surface area contributed by atoms with Crippen molar-refractivity contribution < 1.29 is 19.1 Å². The van der Waals surface area contributed by atoms with Crippen molar-refractivity contribution in [1.82, 2.24) is 4.98 Å². The standard InChI is InChI=1S/C27H27N3O4/c1-17-5-3-4-6-22(17)29-27-30-23-13-7-19(16-24(23)34-27)8-14-25(31)28-21-11-9-20(10-12-21)18(2)15-26(32)33/h3-7,9-13,16,18H,8,14-15H2,1-2H3,(H,28,31)(H,29,30)(H,32,33)/t18-/m1/s1. The van der Waals surface area contributed by atoms with E-state index in [-0.39, 0.29) is 18.2 Å². The van der Waals surface area contributed by atoms with E-state index in [2.05, 4.69) is 15.6 Å². The van der Waals surface area contributed by atoms with Crippen LogP contribution in [0.4, 0.5) is 17.4 Å². The lowest BCUT2D eigenvalue weighted by molar-refractivity contribution is -0.137. The number of hydrogen-bond donors (Lipinski definition) is 3. The molecule has 3 aromatic carbocycles. The number of aliphatic carboxylic acids is 1. The van der Waals surface area contributed by atoms with E-state index in [9.17, 15) is 9.59 Å². The molecular formula is C27H27N3O4. The van der Waals surface area contributed by atoms with E-state index in [0.717, 1.165) is 27.9 Å². The van der Waals surface area contributed by atoms with Gasteiger partial charge in [0.2, 0.25) is 5.91 Å². The van der Waals surface area contributed by atoms with Crippen LogP contribution in [0, 0.1) is 6.92 Å². The molecule has 0 radical (unpaired) electrons. The molecule has 0 aliphatic heterocycles. The number of anilines is 3. The number of nitrogens with one attached hydrogen (secondary N) is 2. The summed E-state index contributed by atoms with van der Waals surface area (Å²) in [4.78, 5) is 27.8. The predicted octanol–water partition coefficient (Wildman–Crippen LogP) is 6.03. The number of aromatic nitrogens is 1. The highest BCUT2D eigenvalue weighted by atomic mass is 16.4. The number of benzene rings is 3. The molecule has 0 unspecified atom stereocenters. The summed E-state index contributed by atoms with van der Waals surface area (Å²) in [5, 5.41) is 15.0. The van der Waals surface area contributed by atoms with Crippen molar-refractivity contribution in [2.24, 2.45) is 0 Å². The lowest BCUT2D eigenvalue weighted by atomic mass is 9.98. The molecule has 4 aromatic rings. The van der Waals surface area contributed by atoms with Crippen LogP contribution < -0.4 is 10.6 Å². The van der Waals surface area contributed by atoms with E-state index in [1.807, 2.05) is 68.4 Å². The zero-order chi connectivity index (χ0) is 24.1. The second kappa shape index (κ2) is 10.2. The third kappa shape index (κ3) is 5.81. The summed E-state index contributed by atoms with van der Waals surface area (Å²) in [6.45, 7) is 3.89. The summed E-state index contributed by atoms with van der Waals surface area (Å²) in [5.74, 6) is -1.00. The maximum absolute atomic E-state index is 12.4. The van der Waals surface area contributed by atoms with Crippen LogP contribution in [0.3, 0.4) is 0 Å². The van der Waals surface area contributed by atoms with Crippen molar-refractivity contribution in [3.05, 3.63) is 83.4 Å². The third-order valence-corrected chi connectivity index (χ3v) is 5.72. The van der Waals surface area contributed by atoms with E-state index in [1.54, 1.807) is 12.1 Å². The van der Waals surface area contributed by atoms with Crippen LogP contribution in [0.5, 0.6) is 0 Å². The Kier molecular flexibility index (Phi) is 6.92. The van der Waals surface area contributed by atoms with E-state index in [1.165, 1.54) is 0 Å². The maximum Gasteiger partial charge on any atom is 0.303 e. The van der Waals surface area contributed by atoms with Gasteiger partial charge in [-0.15, -0.1) is 0 Å². The summed E-state index contributed by atoms with van der Waals surface area (Å²) in [6.07, 6.45) is 0.965. The van der Waals surface area contributed by atoms with Gasteiger partial charge in [0, 0.05) is 17.8 Å². The third-order valence-electron chi connectivity index (χ3n) is 5.72. The molecule has 1 atom stereocenters. The molecule has 174 valence electrons. The number of aryl methyl sites for hydroxylation is 2. The Morgan fingerprint density at radius 3 is 2.56 bits per heavy atom. The molecule has 0 bridgehead atoms.